The van der Waals surface area contributed by atoms with Crippen molar-refractivity contribution in [3.63, 3.8) is 0 Å². The molecule has 12 heteroatoms. The molecule has 0 spiro atoms. The Balaban J connectivity index is 1.91. The molecule has 1 N–H and O–H groups in total. The molecule has 0 saturated heterocycles. The van der Waals surface area contributed by atoms with Crippen molar-refractivity contribution in [3.8, 4) is 0 Å². The van der Waals surface area contributed by atoms with Crippen LogP contribution in [0.5, 0.6) is 0 Å². The second kappa shape index (κ2) is 15.4. The third-order valence-electron chi connectivity index (χ3n) is 7.18. The standard InChI is InChI=1S/C32H37ClF3N3O4S/c1-4-23(2)37-31(41)29(20-24-12-6-5-7-13-24)38(22-25-14-8-9-17-28(25)33)30(40)18-11-19-39(44(3,42)43)27-16-10-15-26(21-27)32(34,35)36/h5-10,12-17,21,23,29H,4,11,18-20,22H2,1-3H3,(H,37,41). The molecule has 0 aliphatic carbocycles. The van der Waals surface area contributed by atoms with Crippen LogP contribution in [0.1, 0.15) is 49.8 Å². The lowest BCUT2D eigenvalue weighted by atomic mass is 10.0. The lowest BCUT2D eigenvalue weighted by molar-refractivity contribution is -0.141. The van der Waals surface area contributed by atoms with Crippen molar-refractivity contribution >= 4 is 39.1 Å². The van der Waals surface area contributed by atoms with E-state index in [1.165, 1.54) is 11.0 Å². The molecule has 0 saturated carbocycles. The molecule has 0 aliphatic heterocycles. The van der Waals surface area contributed by atoms with Gasteiger partial charge in [0.15, 0.2) is 0 Å². The molecule has 2 atom stereocenters. The number of rotatable bonds is 14. The highest BCUT2D eigenvalue weighted by Crippen LogP contribution is 2.32. The van der Waals surface area contributed by atoms with Gasteiger partial charge in [0.05, 0.1) is 17.5 Å². The van der Waals surface area contributed by atoms with Crippen LogP contribution in [-0.4, -0.2) is 50.0 Å². The van der Waals surface area contributed by atoms with E-state index in [1.807, 2.05) is 44.2 Å². The van der Waals surface area contributed by atoms with Crippen molar-refractivity contribution in [2.24, 2.45) is 0 Å². The number of nitrogens with zero attached hydrogens (tertiary/aromatic N) is 2. The second-order valence-corrected chi connectivity index (χ2v) is 12.9. The quantitative estimate of drug-likeness (QED) is 0.217. The van der Waals surface area contributed by atoms with Gasteiger partial charge in [0, 0.05) is 37.0 Å². The zero-order valence-corrected chi connectivity index (χ0v) is 26.4. The molecule has 3 aromatic carbocycles. The highest BCUT2D eigenvalue weighted by atomic mass is 35.5. The van der Waals surface area contributed by atoms with Gasteiger partial charge in [0.1, 0.15) is 6.04 Å². The maximum absolute atomic E-state index is 13.9. The first-order valence-electron chi connectivity index (χ1n) is 14.2. The predicted molar refractivity (Wildman–Crippen MR) is 167 cm³/mol. The third kappa shape index (κ3) is 9.99. The van der Waals surface area contributed by atoms with Gasteiger partial charge in [-0.05, 0) is 55.2 Å². The lowest BCUT2D eigenvalue weighted by Gasteiger charge is -2.33. The van der Waals surface area contributed by atoms with Crippen LogP contribution in [0.2, 0.25) is 5.02 Å². The number of benzene rings is 3. The van der Waals surface area contributed by atoms with E-state index < -0.39 is 33.7 Å². The maximum atomic E-state index is 13.9. The summed E-state index contributed by atoms with van der Waals surface area (Å²) < 4.78 is 66.0. The molecule has 0 bridgehead atoms. The van der Waals surface area contributed by atoms with E-state index in [-0.39, 0.29) is 50.0 Å². The summed E-state index contributed by atoms with van der Waals surface area (Å²) in [5.74, 6) is -0.770. The number of amides is 2. The topological polar surface area (TPSA) is 86.8 Å². The molecule has 2 amide bonds. The minimum absolute atomic E-state index is 0.00773. The molecule has 0 fully saturated rings. The van der Waals surface area contributed by atoms with Crippen molar-refractivity contribution in [2.75, 3.05) is 17.1 Å². The summed E-state index contributed by atoms with van der Waals surface area (Å²) in [5.41, 5.74) is 0.319. The number of anilines is 1. The number of carbonyl (C=O) groups is 2. The summed E-state index contributed by atoms with van der Waals surface area (Å²) in [6.45, 7) is 3.58. The first-order chi connectivity index (χ1) is 20.7. The molecule has 44 heavy (non-hydrogen) atoms. The van der Waals surface area contributed by atoms with Gasteiger partial charge in [-0.1, -0.05) is 73.1 Å². The number of hydrogen-bond acceptors (Lipinski definition) is 4. The average Bonchev–Trinajstić information content (AvgIpc) is 2.97. The summed E-state index contributed by atoms with van der Waals surface area (Å²) in [4.78, 5) is 29.0. The highest BCUT2D eigenvalue weighted by molar-refractivity contribution is 7.92. The van der Waals surface area contributed by atoms with Crippen LogP contribution in [0.25, 0.3) is 0 Å². The van der Waals surface area contributed by atoms with E-state index in [0.29, 0.717) is 17.0 Å². The molecular weight excluding hydrogens is 615 g/mol. The van der Waals surface area contributed by atoms with Crippen molar-refractivity contribution in [1.29, 1.82) is 0 Å². The number of halogens is 4. The van der Waals surface area contributed by atoms with Gasteiger partial charge in [-0.2, -0.15) is 13.2 Å². The van der Waals surface area contributed by atoms with E-state index in [2.05, 4.69) is 5.32 Å². The second-order valence-electron chi connectivity index (χ2n) is 10.6. The molecule has 0 radical (unpaired) electrons. The van der Waals surface area contributed by atoms with Gasteiger partial charge in [0.25, 0.3) is 0 Å². The normalized spacial score (nSPS) is 13.2. The minimum atomic E-state index is -4.65. The zero-order chi connectivity index (χ0) is 32.5. The van der Waals surface area contributed by atoms with Gasteiger partial charge in [-0.3, -0.25) is 13.9 Å². The van der Waals surface area contributed by atoms with Crippen LogP contribution in [0.15, 0.2) is 78.9 Å². The van der Waals surface area contributed by atoms with Gasteiger partial charge in [-0.25, -0.2) is 8.42 Å². The number of hydrogen-bond donors (Lipinski definition) is 1. The smallest absolute Gasteiger partial charge is 0.352 e. The van der Waals surface area contributed by atoms with Gasteiger partial charge in [-0.15, -0.1) is 0 Å². The van der Waals surface area contributed by atoms with Gasteiger partial charge in [0.2, 0.25) is 21.8 Å². The molecule has 0 aliphatic rings. The van der Waals surface area contributed by atoms with Crippen LogP contribution in [0.3, 0.4) is 0 Å². The van der Waals surface area contributed by atoms with Crippen molar-refractivity contribution in [1.82, 2.24) is 10.2 Å². The third-order valence-corrected chi connectivity index (χ3v) is 8.75. The Morgan fingerprint density at radius 1 is 0.977 bits per heavy atom. The number of carbonyl (C=O) groups excluding carboxylic acids is 2. The predicted octanol–water partition coefficient (Wildman–Crippen LogP) is 6.46. The van der Waals surface area contributed by atoms with E-state index in [9.17, 15) is 31.2 Å². The van der Waals surface area contributed by atoms with Crippen LogP contribution in [0.4, 0.5) is 18.9 Å². The largest absolute Gasteiger partial charge is 0.416 e. The van der Waals surface area contributed by atoms with Crippen LogP contribution in [0, 0.1) is 0 Å². The summed E-state index contributed by atoms with van der Waals surface area (Å²) in [6, 6.07) is 19.2. The summed E-state index contributed by atoms with van der Waals surface area (Å²) in [6.07, 6.45) is -3.03. The fourth-order valence-electron chi connectivity index (χ4n) is 4.65. The van der Waals surface area contributed by atoms with Crippen molar-refractivity contribution in [2.45, 2.75) is 64.3 Å². The summed E-state index contributed by atoms with van der Waals surface area (Å²) in [7, 11) is -3.98. The number of nitrogens with one attached hydrogen (secondary N) is 1. The van der Waals surface area contributed by atoms with E-state index in [0.717, 1.165) is 34.3 Å². The number of sulfonamides is 1. The van der Waals surface area contributed by atoms with E-state index in [4.69, 9.17) is 11.6 Å². The minimum Gasteiger partial charge on any atom is -0.352 e. The van der Waals surface area contributed by atoms with E-state index in [1.54, 1.807) is 24.3 Å². The molecule has 238 valence electrons. The Morgan fingerprint density at radius 2 is 1.64 bits per heavy atom. The molecule has 0 heterocycles. The molecule has 7 nitrogen and oxygen atoms in total. The van der Waals surface area contributed by atoms with E-state index >= 15 is 0 Å². The Hall–Kier alpha value is -3.57. The monoisotopic (exact) mass is 651 g/mol. The first kappa shape index (κ1) is 34.9. The lowest BCUT2D eigenvalue weighted by Crippen LogP contribution is -2.52. The molecule has 0 aromatic heterocycles. The van der Waals surface area contributed by atoms with Crippen molar-refractivity contribution < 1.29 is 31.2 Å². The fourth-order valence-corrected chi connectivity index (χ4v) is 5.80. The van der Waals surface area contributed by atoms with Gasteiger partial charge >= 0.3 is 6.18 Å². The number of alkyl halides is 3. The van der Waals surface area contributed by atoms with Crippen molar-refractivity contribution in [3.05, 3.63) is 101 Å². The van der Waals surface area contributed by atoms with Crippen LogP contribution >= 0.6 is 11.6 Å². The Morgan fingerprint density at radius 3 is 2.25 bits per heavy atom. The molecular formula is C32H37ClF3N3O4S. The summed E-state index contributed by atoms with van der Waals surface area (Å²) >= 11 is 6.44. The Labute approximate surface area is 262 Å². The fraction of sp³-hybridized carbons (Fsp3) is 0.375. The Bertz CT molecular complexity index is 1520. The molecule has 2 unspecified atom stereocenters. The SMILES string of the molecule is CCC(C)NC(=O)C(Cc1ccccc1)N(Cc1ccccc1Cl)C(=O)CCCN(c1cccc(C(F)(F)F)c1)S(C)(=O)=O. The summed E-state index contributed by atoms with van der Waals surface area (Å²) in [5, 5.41) is 3.39. The van der Waals surface area contributed by atoms with Crippen LogP contribution < -0.4 is 9.62 Å². The van der Waals surface area contributed by atoms with Crippen LogP contribution in [-0.2, 0) is 38.8 Å². The first-order valence-corrected chi connectivity index (χ1v) is 16.5. The van der Waals surface area contributed by atoms with Gasteiger partial charge < -0.3 is 10.2 Å². The molecule has 3 aromatic rings. The molecule has 3 rings (SSSR count). The highest BCUT2D eigenvalue weighted by Gasteiger charge is 2.33. The average molecular weight is 652 g/mol. The zero-order valence-electron chi connectivity index (χ0n) is 24.9. The maximum Gasteiger partial charge on any atom is 0.416 e. The Kier molecular flexibility index (Phi) is 12.2.